The van der Waals surface area contributed by atoms with Crippen molar-refractivity contribution in [2.75, 3.05) is 26.2 Å². The Morgan fingerprint density at radius 1 is 1.18 bits per heavy atom. The number of piperidine rings is 1. The van der Waals surface area contributed by atoms with E-state index in [1.807, 2.05) is 11.6 Å². The highest BCUT2D eigenvalue weighted by molar-refractivity contribution is 5.94. The molecule has 0 aliphatic carbocycles. The van der Waals surface area contributed by atoms with Crippen molar-refractivity contribution in [2.45, 2.75) is 32.7 Å². The first-order valence-electron chi connectivity index (χ1n) is 9.42. The maximum atomic E-state index is 13.5. The van der Waals surface area contributed by atoms with Crippen LogP contribution >= 0.6 is 0 Å². The van der Waals surface area contributed by atoms with Gasteiger partial charge in [-0.25, -0.2) is 9.07 Å². The van der Waals surface area contributed by atoms with Crippen LogP contribution in [0.15, 0.2) is 18.2 Å². The summed E-state index contributed by atoms with van der Waals surface area (Å²) in [6.07, 6.45) is 1.91. The Kier molecular flexibility index (Phi) is 6.35. The Morgan fingerprint density at radius 2 is 1.86 bits per heavy atom. The molecule has 0 unspecified atom stereocenters. The summed E-state index contributed by atoms with van der Waals surface area (Å²) in [7, 11) is 0. The molecule has 0 bridgehead atoms. The third-order valence-corrected chi connectivity index (χ3v) is 4.93. The molecule has 3 rings (SSSR count). The van der Waals surface area contributed by atoms with Gasteiger partial charge in [-0.05, 0) is 57.5 Å². The lowest BCUT2D eigenvalue weighted by Gasteiger charge is -2.23. The molecule has 1 aliphatic rings. The van der Waals surface area contributed by atoms with E-state index in [-0.39, 0.29) is 36.5 Å². The molecule has 0 radical (unpaired) electrons. The Labute approximate surface area is 162 Å². The monoisotopic (exact) mass is 388 g/mol. The number of benzene rings is 1. The average Bonchev–Trinajstić information content (AvgIpc) is 3.09. The number of nitrogens with one attached hydrogen (secondary N) is 3. The number of amides is 2. The molecule has 28 heavy (non-hydrogen) atoms. The van der Waals surface area contributed by atoms with Gasteiger partial charge in [0.05, 0.1) is 11.7 Å². The van der Waals surface area contributed by atoms with Crippen molar-refractivity contribution in [3.63, 3.8) is 0 Å². The number of aromatic nitrogens is 3. The summed E-state index contributed by atoms with van der Waals surface area (Å²) < 4.78 is 15.4. The SMILES string of the molecule is Cc1ccc(C(=O)NCCNC(=O)c2nnn(C3CCNCC3)c2C)cc1F. The van der Waals surface area contributed by atoms with E-state index in [1.165, 1.54) is 6.07 Å². The van der Waals surface area contributed by atoms with Crippen LogP contribution in [0, 0.1) is 19.7 Å². The standard InChI is InChI=1S/C19H25FN6O2/c1-12-3-4-14(11-16(12)20)18(27)22-9-10-23-19(28)17-13(2)26(25-24-17)15-5-7-21-8-6-15/h3-4,11,15,21H,5-10H2,1-2H3,(H,22,27)(H,23,28). The van der Waals surface area contributed by atoms with Gasteiger partial charge in [-0.1, -0.05) is 11.3 Å². The van der Waals surface area contributed by atoms with Crippen LogP contribution in [0.2, 0.25) is 0 Å². The van der Waals surface area contributed by atoms with Crippen LogP contribution in [0.4, 0.5) is 4.39 Å². The van der Waals surface area contributed by atoms with Gasteiger partial charge in [0.15, 0.2) is 5.69 Å². The summed E-state index contributed by atoms with van der Waals surface area (Å²) in [5.74, 6) is -1.14. The summed E-state index contributed by atoms with van der Waals surface area (Å²) in [6.45, 7) is 5.78. The van der Waals surface area contributed by atoms with Crippen molar-refractivity contribution in [1.29, 1.82) is 0 Å². The summed E-state index contributed by atoms with van der Waals surface area (Å²) in [4.78, 5) is 24.4. The van der Waals surface area contributed by atoms with Gasteiger partial charge >= 0.3 is 0 Å². The fourth-order valence-electron chi connectivity index (χ4n) is 3.22. The van der Waals surface area contributed by atoms with Crippen LogP contribution in [-0.2, 0) is 0 Å². The highest BCUT2D eigenvalue weighted by Gasteiger charge is 2.22. The molecule has 2 amide bonds. The number of hydrogen-bond donors (Lipinski definition) is 3. The molecule has 8 nitrogen and oxygen atoms in total. The second kappa shape index (κ2) is 8.92. The third-order valence-electron chi connectivity index (χ3n) is 4.93. The maximum absolute atomic E-state index is 13.5. The van der Waals surface area contributed by atoms with Crippen LogP contribution in [0.3, 0.4) is 0 Å². The maximum Gasteiger partial charge on any atom is 0.273 e. The van der Waals surface area contributed by atoms with Crippen molar-refractivity contribution in [2.24, 2.45) is 0 Å². The molecule has 0 saturated carbocycles. The first kappa shape index (κ1) is 19.9. The molecular formula is C19H25FN6O2. The molecule has 1 aromatic carbocycles. The molecular weight excluding hydrogens is 363 g/mol. The number of nitrogens with zero attached hydrogens (tertiary/aromatic N) is 3. The smallest absolute Gasteiger partial charge is 0.273 e. The molecule has 0 spiro atoms. The molecule has 3 N–H and O–H groups in total. The predicted octanol–water partition coefficient (Wildman–Crippen LogP) is 1.12. The van der Waals surface area contributed by atoms with Gasteiger partial charge in [0.25, 0.3) is 11.8 Å². The quantitative estimate of drug-likeness (QED) is 0.644. The molecule has 1 fully saturated rings. The Hall–Kier alpha value is -2.81. The highest BCUT2D eigenvalue weighted by atomic mass is 19.1. The van der Waals surface area contributed by atoms with Gasteiger partial charge in [0.2, 0.25) is 0 Å². The van der Waals surface area contributed by atoms with Crippen LogP contribution in [0.5, 0.6) is 0 Å². The lowest BCUT2D eigenvalue weighted by Crippen LogP contribution is -2.35. The van der Waals surface area contributed by atoms with Crippen molar-refractivity contribution in [3.05, 3.63) is 46.5 Å². The van der Waals surface area contributed by atoms with Crippen LogP contribution in [0.1, 0.15) is 51.0 Å². The molecule has 1 saturated heterocycles. The average molecular weight is 388 g/mol. The molecule has 2 heterocycles. The Bertz CT molecular complexity index is 860. The zero-order valence-corrected chi connectivity index (χ0v) is 16.1. The minimum absolute atomic E-state index is 0.224. The number of halogens is 1. The van der Waals surface area contributed by atoms with E-state index in [2.05, 4.69) is 26.3 Å². The van der Waals surface area contributed by atoms with Gasteiger partial charge in [0.1, 0.15) is 5.82 Å². The number of carbonyl (C=O) groups excluding carboxylic acids is 2. The second-order valence-electron chi connectivity index (χ2n) is 6.92. The minimum Gasteiger partial charge on any atom is -0.350 e. The van der Waals surface area contributed by atoms with Gasteiger partial charge in [0, 0.05) is 18.7 Å². The fraction of sp³-hybridized carbons (Fsp3) is 0.474. The van der Waals surface area contributed by atoms with Crippen LogP contribution < -0.4 is 16.0 Å². The fourth-order valence-corrected chi connectivity index (χ4v) is 3.22. The van der Waals surface area contributed by atoms with Crippen molar-refractivity contribution in [3.8, 4) is 0 Å². The zero-order valence-electron chi connectivity index (χ0n) is 16.1. The highest BCUT2D eigenvalue weighted by Crippen LogP contribution is 2.20. The van der Waals surface area contributed by atoms with Gasteiger partial charge in [-0.3, -0.25) is 9.59 Å². The van der Waals surface area contributed by atoms with Crippen LogP contribution in [0.25, 0.3) is 0 Å². The van der Waals surface area contributed by atoms with E-state index < -0.39 is 5.82 Å². The number of rotatable bonds is 6. The molecule has 0 atom stereocenters. The minimum atomic E-state index is -0.423. The molecule has 150 valence electrons. The largest absolute Gasteiger partial charge is 0.350 e. The van der Waals surface area contributed by atoms with E-state index in [9.17, 15) is 14.0 Å². The Balaban J connectivity index is 1.48. The lowest BCUT2D eigenvalue weighted by molar-refractivity contribution is 0.0924. The molecule has 9 heteroatoms. The van der Waals surface area contributed by atoms with Crippen molar-refractivity contribution < 1.29 is 14.0 Å². The molecule has 1 aliphatic heterocycles. The second-order valence-corrected chi connectivity index (χ2v) is 6.92. The number of carbonyl (C=O) groups is 2. The number of hydrogen-bond acceptors (Lipinski definition) is 5. The summed E-state index contributed by atoms with van der Waals surface area (Å²) >= 11 is 0. The van der Waals surface area contributed by atoms with Crippen molar-refractivity contribution >= 4 is 11.8 Å². The third kappa shape index (κ3) is 4.53. The van der Waals surface area contributed by atoms with Gasteiger partial charge < -0.3 is 16.0 Å². The van der Waals surface area contributed by atoms with E-state index in [4.69, 9.17) is 0 Å². The van der Waals surface area contributed by atoms with E-state index >= 15 is 0 Å². The normalized spacial score (nSPS) is 14.7. The lowest BCUT2D eigenvalue weighted by atomic mass is 10.1. The van der Waals surface area contributed by atoms with Gasteiger partial charge in [-0.2, -0.15) is 0 Å². The Morgan fingerprint density at radius 3 is 2.54 bits per heavy atom. The first-order valence-corrected chi connectivity index (χ1v) is 9.42. The summed E-state index contributed by atoms with van der Waals surface area (Å²) in [5.41, 5.74) is 1.76. The summed E-state index contributed by atoms with van der Waals surface area (Å²) in [6, 6.07) is 4.57. The van der Waals surface area contributed by atoms with E-state index in [0.717, 1.165) is 31.6 Å². The molecule has 1 aromatic heterocycles. The molecule has 2 aromatic rings. The topological polar surface area (TPSA) is 101 Å². The summed E-state index contributed by atoms with van der Waals surface area (Å²) in [5, 5.41) is 16.8. The van der Waals surface area contributed by atoms with E-state index in [1.54, 1.807) is 19.1 Å². The van der Waals surface area contributed by atoms with E-state index in [0.29, 0.717) is 11.3 Å². The van der Waals surface area contributed by atoms with Crippen molar-refractivity contribution in [1.82, 2.24) is 30.9 Å². The van der Waals surface area contributed by atoms with Gasteiger partial charge in [-0.15, -0.1) is 5.10 Å². The predicted molar refractivity (Wildman–Crippen MR) is 102 cm³/mol. The van der Waals surface area contributed by atoms with Crippen LogP contribution in [-0.4, -0.2) is 53.0 Å². The zero-order chi connectivity index (χ0) is 20.1. The first-order chi connectivity index (χ1) is 13.5. The number of aryl methyl sites for hydroxylation is 1.